The molecule has 2 N–H and O–H groups in total. The molecular formula is C37H33F8N7O2S. The van der Waals surface area contributed by atoms with Gasteiger partial charge in [-0.05, 0) is 56.3 Å². The van der Waals surface area contributed by atoms with E-state index in [0.717, 1.165) is 24.6 Å². The number of rotatable bonds is 8. The number of alkyl halides is 6. The number of anilines is 2. The van der Waals surface area contributed by atoms with Crippen molar-refractivity contribution in [1.29, 1.82) is 5.26 Å². The second-order valence-corrected chi connectivity index (χ2v) is 16.4. The Labute approximate surface area is 312 Å². The summed E-state index contributed by atoms with van der Waals surface area (Å²) in [5, 5.41) is 9.13. The fourth-order valence-electron chi connectivity index (χ4n) is 8.96. The van der Waals surface area contributed by atoms with Crippen LogP contribution < -0.4 is 15.4 Å². The molecule has 4 unspecified atom stereocenters. The third-order valence-corrected chi connectivity index (χ3v) is 12.8. The molecule has 4 aromatic rings. The molecule has 0 bridgehead atoms. The fourth-order valence-corrected chi connectivity index (χ4v) is 9.91. The highest BCUT2D eigenvalue weighted by Crippen LogP contribution is 2.51. The van der Waals surface area contributed by atoms with E-state index in [1.165, 1.54) is 4.90 Å². The maximum atomic E-state index is 17.3. The number of likely N-dealkylation sites (tertiary alicyclic amines) is 1. The quantitative estimate of drug-likeness (QED) is 0.184. The molecule has 2 aromatic heterocycles. The number of halogens is 8. The van der Waals surface area contributed by atoms with E-state index in [2.05, 4.69) is 9.97 Å². The number of carbonyl (C=O) groups excluding carboxylic acids is 1. The summed E-state index contributed by atoms with van der Waals surface area (Å²) in [6, 6.07) is 3.17. The largest absolute Gasteiger partial charge is 0.461 e. The average molecular weight is 792 g/mol. The van der Waals surface area contributed by atoms with Gasteiger partial charge in [0.15, 0.2) is 5.82 Å². The average Bonchev–Trinajstić information content (AvgIpc) is 3.81. The normalized spacial score (nSPS) is 26.2. The van der Waals surface area contributed by atoms with Gasteiger partial charge < -0.3 is 20.3 Å². The molecule has 2 aliphatic carbocycles. The van der Waals surface area contributed by atoms with Gasteiger partial charge in [-0.3, -0.25) is 9.69 Å². The number of aromatic nitrogens is 2. The first-order valence-corrected chi connectivity index (χ1v) is 18.9. The molecule has 55 heavy (non-hydrogen) atoms. The van der Waals surface area contributed by atoms with Crippen molar-refractivity contribution in [2.24, 2.45) is 5.92 Å². The molecule has 4 atom stereocenters. The number of hydrogen-bond acceptors (Lipinski definition) is 9. The Morgan fingerprint density at radius 1 is 1.11 bits per heavy atom. The Balaban J connectivity index is 1.22. The van der Waals surface area contributed by atoms with E-state index >= 15 is 22.0 Å². The van der Waals surface area contributed by atoms with Crippen molar-refractivity contribution in [3.05, 3.63) is 41.0 Å². The third kappa shape index (κ3) is 5.91. The van der Waals surface area contributed by atoms with Crippen molar-refractivity contribution in [1.82, 2.24) is 19.8 Å². The minimum absolute atomic E-state index is 0.00364. The smallest absolute Gasteiger partial charge is 0.417 e. The van der Waals surface area contributed by atoms with Gasteiger partial charge in [-0.1, -0.05) is 6.07 Å². The van der Waals surface area contributed by atoms with Gasteiger partial charge in [0.2, 0.25) is 5.91 Å². The lowest BCUT2D eigenvalue weighted by atomic mass is 9.92. The number of nitrogens with two attached hydrogens (primary N) is 1. The summed E-state index contributed by atoms with van der Waals surface area (Å²) in [5.41, 5.74) is 1.60. The summed E-state index contributed by atoms with van der Waals surface area (Å²) in [5.74, 6) is -7.58. The molecule has 5 fully saturated rings. The second-order valence-electron chi connectivity index (χ2n) is 15.3. The van der Waals surface area contributed by atoms with Crippen molar-refractivity contribution in [2.45, 2.75) is 80.8 Å². The van der Waals surface area contributed by atoms with Crippen LogP contribution in [0.2, 0.25) is 0 Å². The van der Waals surface area contributed by atoms with Crippen LogP contribution >= 0.6 is 11.3 Å². The molecular weight excluding hydrogens is 759 g/mol. The van der Waals surface area contributed by atoms with E-state index in [1.54, 1.807) is 4.90 Å². The van der Waals surface area contributed by atoms with E-state index in [4.69, 9.17) is 10.5 Å². The number of fused-ring (bicyclic) bond motifs is 3. The Morgan fingerprint density at radius 2 is 1.87 bits per heavy atom. The van der Waals surface area contributed by atoms with Crippen LogP contribution in [-0.4, -0.2) is 88.2 Å². The molecule has 5 aliphatic rings. The van der Waals surface area contributed by atoms with Gasteiger partial charge >= 0.3 is 12.2 Å². The van der Waals surface area contributed by atoms with Crippen molar-refractivity contribution >= 4 is 49.1 Å². The fraction of sp³-hybridized carbons (Fsp3) is 0.514. The van der Waals surface area contributed by atoms with Crippen LogP contribution in [0.3, 0.4) is 0 Å². The molecule has 2 aromatic carbocycles. The van der Waals surface area contributed by atoms with Crippen LogP contribution in [0, 0.1) is 28.9 Å². The van der Waals surface area contributed by atoms with Gasteiger partial charge in [-0.25, -0.2) is 22.0 Å². The summed E-state index contributed by atoms with van der Waals surface area (Å²) in [6.45, 7) is 0.919. The number of amides is 1. The highest BCUT2D eigenvalue weighted by molar-refractivity contribution is 7.23. The zero-order valence-electron chi connectivity index (χ0n) is 29.0. The minimum atomic E-state index is -5.18. The standard InChI is InChI=1S/C37H33F8N7O2S/c38-17-11-35(7-1-8-51(35)14-17)16-54-34-48-29-21(32(49-34)52(18-2-3-18)19-6-9-50(15-19)33(53)24-12-36(24,41)42)10-23(37(43,44)45)27(28(29)40)20-4-5-25(39)30-26(20)22(13-46)31(47)55-30/h4-5,10,17-19,24H,1-3,6-9,11-12,14-16,47H2. The van der Waals surface area contributed by atoms with Crippen molar-refractivity contribution in [2.75, 3.05) is 43.4 Å². The monoisotopic (exact) mass is 791 g/mol. The van der Waals surface area contributed by atoms with Gasteiger partial charge in [0.05, 0.1) is 27.4 Å². The minimum Gasteiger partial charge on any atom is -0.461 e. The van der Waals surface area contributed by atoms with E-state index in [0.29, 0.717) is 37.1 Å². The maximum Gasteiger partial charge on any atom is 0.417 e. The summed E-state index contributed by atoms with van der Waals surface area (Å²) < 4.78 is 126. The molecule has 18 heteroatoms. The molecule has 9 nitrogen and oxygen atoms in total. The highest BCUT2D eigenvalue weighted by Gasteiger charge is 2.62. The lowest BCUT2D eigenvalue weighted by Crippen LogP contribution is -2.44. The molecule has 2 saturated carbocycles. The van der Waals surface area contributed by atoms with E-state index < -0.39 is 81.9 Å². The van der Waals surface area contributed by atoms with Gasteiger partial charge in [0, 0.05) is 54.9 Å². The summed E-state index contributed by atoms with van der Waals surface area (Å²) >= 11 is 0.652. The van der Waals surface area contributed by atoms with Crippen LogP contribution in [0.1, 0.15) is 56.1 Å². The molecule has 5 heterocycles. The van der Waals surface area contributed by atoms with Gasteiger partial charge in [-0.15, -0.1) is 11.3 Å². The predicted molar refractivity (Wildman–Crippen MR) is 186 cm³/mol. The SMILES string of the molecule is N#Cc1c(N)sc2c(F)ccc(-c3c(C(F)(F)F)cc4c(N(C5CC5)C5CCN(C(=O)C6CC6(F)F)C5)nc(OCC56CCCN5CC(F)C6)nc4c3F)c12. The zero-order valence-corrected chi connectivity index (χ0v) is 29.9. The molecule has 3 saturated heterocycles. The maximum absolute atomic E-state index is 17.3. The van der Waals surface area contributed by atoms with Crippen molar-refractivity contribution < 1.29 is 44.7 Å². The number of thiophene rings is 1. The number of nitrogens with zero attached hydrogens (tertiary/aromatic N) is 6. The summed E-state index contributed by atoms with van der Waals surface area (Å²) in [6.07, 6.45) is -3.74. The first-order valence-electron chi connectivity index (χ1n) is 18.1. The Bertz CT molecular complexity index is 2310. The zero-order chi connectivity index (χ0) is 38.8. The molecule has 290 valence electrons. The predicted octanol–water partition coefficient (Wildman–Crippen LogP) is 7.44. The number of ether oxygens (including phenoxy) is 1. The van der Waals surface area contributed by atoms with Crippen LogP contribution in [0.4, 0.5) is 45.9 Å². The van der Waals surface area contributed by atoms with Gasteiger partial charge in [0.1, 0.15) is 46.9 Å². The Kier molecular flexibility index (Phi) is 8.22. The molecule has 1 amide bonds. The van der Waals surface area contributed by atoms with Gasteiger partial charge in [-0.2, -0.15) is 28.4 Å². The lowest BCUT2D eigenvalue weighted by molar-refractivity contribution is -0.137. The number of nitrogen functional groups attached to an aromatic ring is 1. The Morgan fingerprint density at radius 3 is 2.56 bits per heavy atom. The second kappa shape index (κ2) is 12.5. The molecule has 0 radical (unpaired) electrons. The number of carbonyl (C=O) groups is 1. The van der Waals surface area contributed by atoms with E-state index in [1.807, 2.05) is 11.0 Å². The van der Waals surface area contributed by atoms with Crippen LogP contribution in [-0.2, 0) is 11.0 Å². The van der Waals surface area contributed by atoms with Crippen LogP contribution in [0.5, 0.6) is 6.01 Å². The van der Waals surface area contributed by atoms with E-state index in [9.17, 15) is 23.2 Å². The highest BCUT2D eigenvalue weighted by atomic mass is 32.1. The topological polar surface area (TPSA) is 112 Å². The number of benzene rings is 2. The summed E-state index contributed by atoms with van der Waals surface area (Å²) in [4.78, 5) is 26.9. The molecule has 9 rings (SSSR count). The first-order chi connectivity index (χ1) is 26.1. The first kappa shape index (κ1) is 36.2. The van der Waals surface area contributed by atoms with E-state index in [-0.39, 0.29) is 83.0 Å². The molecule has 3 aliphatic heterocycles. The van der Waals surface area contributed by atoms with Crippen LogP contribution in [0.25, 0.3) is 32.1 Å². The van der Waals surface area contributed by atoms with Crippen LogP contribution in [0.15, 0.2) is 18.2 Å². The van der Waals surface area contributed by atoms with Crippen molar-refractivity contribution in [3.63, 3.8) is 0 Å². The third-order valence-electron chi connectivity index (χ3n) is 11.8. The van der Waals surface area contributed by atoms with Crippen molar-refractivity contribution in [3.8, 4) is 23.2 Å². The lowest BCUT2D eigenvalue weighted by Gasteiger charge is -2.33. The Hall–Kier alpha value is -4.50. The summed E-state index contributed by atoms with van der Waals surface area (Å²) in [7, 11) is 0. The number of nitriles is 1. The number of hydrogen-bond donors (Lipinski definition) is 1. The van der Waals surface area contributed by atoms with Gasteiger partial charge in [0.25, 0.3) is 5.92 Å². The molecule has 0 spiro atoms.